The summed E-state index contributed by atoms with van der Waals surface area (Å²) in [5.41, 5.74) is 10.4. The zero-order valence-corrected chi connectivity index (χ0v) is 21.6. The van der Waals surface area contributed by atoms with E-state index >= 15 is 0 Å². The molecule has 1 unspecified atom stereocenters. The number of methoxy groups -OCH3 is 1. The number of nitrogens with one attached hydrogen (secondary N) is 1. The number of carbonyl (C=O) groups excluding carboxylic acids is 1. The molecule has 190 valence electrons. The van der Waals surface area contributed by atoms with Crippen molar-refractivity contribution >= 4 is 6.03 Å². The first-order chi connectivity index (χ1) is 18.0. The first-order valence-electron chi connectivity index (χ1n) is 12.6. The second kappa shape index (κ2) is 10.9. The van der Waals surface area contributed by atoms with Crippen molar-refractivity contribution in [3.8, 4) is 11.4 Å². The smallest absolute Gasteiger partial charge is 0.335 e. The number of aryl methyl sites for hydroxylation is 2. The maximum absolute atomic E-state index is 13.6. The van der Waals surface area contributed by atoms with Crippen LogP contribution in [0.5, 0.6) is 5.75 Å². The molecule has 0 radical (unpaired) electrons. The number of carbonyl (C=O) groups is 1. The summed E-state index contributed by atoms with van der Waals surface area (Å²) in [7, 11) is 1.67. The molecule has 1 saturated heterocycles. The zero-order chi connectivity index (χ0) is 25.8. The van der Waals surface area contributed by atoms with Crippen molar-refractivity contribution in [3.63, 3.8) is 0 Å². The van der Waals surface area contributed by atoms with Crippen LogP contribution in [0.25, 0.3) is 5.69 Å². The van der Waals surface area contributed by atoms with E-state index in [1.54, 1.807) is 24.6 Å². The standard InChI is InChI=1S/C30H33N5O2/c1-22-4-9-26(18-23(22)2)29-20-35(30(36)34(29)16-14-24-7-12-28(37-3)13-8-24)32-19-25-5-10-27(11-6-25)33-17-15-31-21-33/h4-13,15,17-18,21,29,32H,14,16,19-20H2,1-3H3. The van der Waals surface area contributed by atoms with Crippen LogP contribution in [0.2, 0.25) is 0 Å². The zero-order valence-electron chi connectivity index (χ0n) is 21.6. The van der Waals surface area contributed by atoms with Gasteiger partial charge in [-0.15, -0.1) is 0 Å². The van der Waals surface area contributed by atoms with Gasteiger partial charge in [0.2, 0.25) is 0 Å². The molecule has 1 fully saturated rings. The third-order valence-electron chi connectivity index (χ3n) is 7.14. The van der Waals surface area contributed by atoms with Gasteiger partial charge < -0.3 is 14.2 Å². The summed E-state index contributed by atoms with van der Waals surface area (Å²) in [6, 6.07) is 22.8. The van der Waals surface area contributed by atoms with Crippen LogP contribution in [0.1, 0.15) is 33.9 Å². The summed E-state index contributed by atoms with van der Waals surface area (Å²) in [6.45, 7) is 6.05. The minimum atomic E-state index is -0.0128. The lowest BCUT2D eigenvalue weighted by atomic mass is 10.0. The SMILES string of the molecule is COc1ccc(CCN2C(=O)N(NCc3ccc(-n4ccnc4)cc3)CC2c2ccc(C)c(C)c2)cc1. The van der Waals surface area contributed by atoms with Gasteiger partial charge in [0.1, 0.15) is 5.75 Å². The molecule has 1 atom stereocenters. The lowest BCUT2D eigenvalue weighted by Gasteiger charge is -2.24. The summed E-state index contributed by atoms with van der Waals surface area (Å²) in [4.78, 5) is 19.6. The number of rotatable bonds is 9. The Kier molecular flexibility index (Phi) is 7.23. The van der Waals surface area contributed by atoms with Gasteiger partial charge in [-0.3, -0.25) is 5.01 Å². The van der Waals surface area contributed by atoms with E-state index in [-0.39, 0.29) is 12.1 Å². The number of amides is 2. The molecule has 0 saturated carbocycles. The molecule has 3 aromatic carbocycles. The summed E-state index contributed by atoms with van der Waals surface area (Å²) in [5, 5.41) is 1.76. The van der Waals surface area contributed by atoms with E-state index in [1.165, 1.54) is 22.3 Å². The Morgan fingerprint density at radius 2 is 1.73 bits per heavy atom. The molecule has 1 aliphatic heterocycles. The van der Waals surface area contributed by atoms with E-state index in [1.807, 2.05) is 27.8 Å². The number of ether oxygens (including phenoxy) is 1. The topological polar surface area (TPSA) is 62.6 Å². The lowest BCUT2D eigenvalue weighted by molar-refractivity contribution is 0.171. The fourth-order valence-corrected chi connectivity index (χ4v) is 4.71. The van der Waals surface area contributed by atoms with Crippen molar-refractivity contribution in [2.45, 2.75) is 32.9 Å². The molecule has 0 aliphatic carbocycles. The number of urea groups is 1. The van der Waals surface area contributed by atoms with Crippen molar-refractivity contribution in [2.24, 2.45) is 0 Å². The highest BCUT2D eigenvalue weighted by atomic mass is 16.5. The minimum Gasteiger partial charge on any atom is -0.497 e. The highest BCUT2D eigenvalue weighted by molar-refractivity contribution is 5.77. The van der Waals surface area contributed by atoms with E-state index in [4.69, 9.17) is 4.74 Å². The average Bonchev–Trinajstić information content (AvgIpc) is 3.57. The molecule has 1 N–H and O–H groups in total. The van der Waals surface area contributed by atoms with Gasteiger partial charge in [-0.1, -0.05) is 42.5 Å². The molecule has 0 bridgehead atoms. The van der Waals surface area contributed by atoms with Crippen LogP contribution in [0, 0.1) is 13.8 Å². The van der Waals surface area contributed by atoms with Crippen molar-refractivity contribution in [1.82, 2.24) is 24.9 Å². The van der Waals surface area contributed by atoms with Gasteiger partial charge in [-0.05, 0) is 72.4 Å². The summed E-state index contributed by atoms with van der Waals surface area (Å²) in [5.74, 6) is 0.836. The lowest BCUT2D eigenvalue weighted by Crippen LogP contribution is -2.41. The molecule has 4 aromatic rings. The molecule has 37 heavy (non-hydrogen) atoms. The van der Waals surface area contributed by atoms with Crippen LogP contribution in [0.15, 0.2) is 85.5 Å². The van der Waals surface area contributed by atoms with Crippen LogP contribution in [0.4, 0.5) is 4.79 Å². The van der Waals surface area contributed by atoms with Crippen LogP contribution in [0.3, 0.4) is 0 Å². The molecule has 2 amide bonds. The van der Waals surface area contributed by atoms with Crippen molar-refractivity contribution in [2.75, 3.05) is 20.2 Å². The van der Waals surface area contributed by atoms with Crippen molar-refractivity contribution in [3.05, 3.63) is 113 Å². The normalized spacial score (nSPS) is 15.4. The van der Waals surface area contributed by atoms with Gasteiger partial charge in [0.15, 0.2) is 0 Å². The Labute approximate surface area is 218 Å². The second-order valence-electron chi connectivity index (χ2n) is 9.52. The monoisotopic (exact) mass is 495 g/mol. The maximum atomic E-state index is 13.6. The van der Waals surface area contributed by atoms with E-state index in [9.17, 15) is 4.79 Å². The third-order valence-corrected chi connectivity index (χ3v) is 7.14. The van der Waals surface area contributed by atoms with Gasteiger partial charge in [-0.2, -0.15) is 0 Å². The third kappa shape index (κ3) is 5.52. The van der Waals surface area contributed by atoms with Crippen LogP contribution in [-0.2, 0) is 13.0 Å². The Morgan fingerprint density at radius 1 is 0.973 bits per heavy atom. The van der Waals surface area contributed by atoms with E-state index in [0.29, 0.717) is 19.6 Å². The number of imidazole rings is 1. The Hall–Kier alpha value is -4.10. The van der Waals surface area contributed by atoms with Gasteiger partial charge in [0.25, 0.3) is 0 Å². The van der Waals surface area contributed by atoms with Crippen LogP contribution in [-0.4, -0.2) is 45.7 Å². The maximum Gasteiger partial charge on any atom is 0.335 e. The Balaban J connectivity index is 1.29. The van der Waals surface area contributed by atoms with Crippen molar-refractivity contribution < 1.29 is 9.53 Å². The van der Waals surface area contributed by atoms with Gasteiger partial charge in [0, 0.05) is 31.2 Å². The fourth-order valence-electron chi connectivity index (χ4n) is 4.71. The van der Waals surface area contributed by atoms with E-state index in [0.717, 1.165) is 23.4 Å². The summed E-state index contributed by atoms with van der Waals surface area (Å²) < 4.78 is 7.25. The molecule has 7 heteroatoms. The predicted octanol–water partition coefficient (Wildman–Crippen LogP) is 5.22. The molecule has 1 aromatic heterocycles. The molecular formula is C30H33N5O2. The summed E-state index contributed by atoms with van der Waals surface area (Å²) in [6.07, 6.45) is 6.24. The first kappa shape index (κ1) is 24.6. The largest absolute Gasteiger partial charge is 0.497 e. The Morgan fingerprint density at radius 3 is 2.41 bits per heavy atom. The molecule has 5 rings (SSSR count). The number of aromatic nitrogens is 2. The molecule has 7 nitrogen and oxygen atoms in total. The predicted molar refractivity (Wildman–Crippen MR) is 145 cm³/mol. The second-order valence-corrected chi connectivity index (χ2v) is 9.52. The fraction of sp³-hybridized carbons (Fsp3) is 0.267. The number of hydrogen-bond acceptors (Lipinski definition) is 4. The highest BCUT2D eigenvalue weighted by Crippen LogP contribution is 2.30. The average molecular weight is 496 g/mol. The number of hydrogen-bond donors (Lipinski definition) is 1. The van der Waals surface area contributed by atoms with Gasteiger partial charge in [0.05, 0.1) is 26.0 Å². The molecule has 2 heterocycles. The van der Waals surface area contributed by atoms with Crippen LogP contribution >= 0.6 is 0 Å². The quantitative estimate of drug-likeness (QED) is 0.346. The minimum absolute atomic E-state index is 0.00627. The number of nitrogens with zero attached hydrogens (tertiary/aromatic N) is 4. The van der Waals surface area contributed by atoms with Gasteiger partial charge >= 0.3 is 6.03 Å². The summed E-state index contributed by atoms with van der Waals surface area (Å²) >= 11 is 0. The van der Waals surface area contributed by atoms with E-state index < -0.39 is 0 Å². The van der Waals surface area contributed by atoms with Crippen LogP contribution < -0.4 is 10.2 Å². The van der Waals surface area contributed by atoms with Gasteiger partial charge in [-0.25, -0.2) is 15.2 Å². The Bertz CT molecular complexity index is 1330. The first-order valence-corrected chi connectivity index (χ1v) is 12.6. The highest BCUT2D eigenvalue weighted by Gasteiger charge is 2.38. The molecular weight excluding hydrogens is 462 g/mol. The number of hydrazine groups is 1. The molecule has 1 aliphatic rings. The molecule has 0 spiro atoms. The number of benzene rings is 3. The van der Waals surface area contributed by atoms with E-state index in [2.05, 4.69) is 78.9 Å². The van der Waals surface area contributed by atoms with Crippen molar-refractivity contribution in [1.29, 1.82) is 0 Å².